The van der Waals surface area contributed by atoms with Crippen molar-refractivity contribution in [3.63, 3.8) is 0 Å². The Morgan fingerprint density at radius 2 is 1.76 bits per heavy atom. The Kier molecular flexibility index (Phi) is 6.42. The normalized spacial score (nSPS) is 18.9. The second-order valence-corrected chi connectivity index (χ2v) is 10.2. The highest BCUT2D eigenvalue weighted by Gasteiger charge is 2.33. The number of likely N-dealkylation sites (tertiary alicyclic amines) is 1. The molecule has 0 bridgehead atoms. The maximum atomic E-state index is 13.1. The number of nitrogens with zero attached hydrogens (tertiary/aromatic N) is 2. The van der Waals surface area contributed by atoms with Gasteiger partial charge in [-0.3, -0.25) is 9.59 Å². The molecule has 2 aromatic heterocycles. The van der Waals surface area contributed by atoms with Crippen LogP contribution in [0.3, 0.4) is 0 Å². The van der Waals surface area contributed by atoms with Crippen LogP contribution in [0.4, 0.5) is 18.9 Å². The zero-order valence-electron chi connectivity index (χ0n) is 19.4. The number of hydrogen-bond donors (Lipinski definition) is 1. The lowest BCUT2D eigenvalue weighted by Crippen LogP contribution is -2.42. The molecule has 180 valence electrons. The summed E-state index contributed by atoms with van der Waals surface area (Å²) >= 11 is 0.923. The zero-order valence-corrected chi connectivity index (χ0v) is 20.2. The summed E-state index contributed by atoms with van der Waals surface area (Å²) < 4.78 is 39.1. The van der Waals surface area contributed by atoms with Gasteiger partial charge in [-0.05, 0) is 67.5 Å². The van der Waals surface area contributed by atoms with Crippen LogP contribution in [0.25, 0.3) is 10.2 Å². The van der Waals surface area contributed by atoms with Crippen molar-refractivity contribution < 1.29 is 22.8 Å². The van der Waals surface area contributed by atoms with Crippen molar-refractivity contribution in [2.24, 2.45) is 11.8 Å². The van der Waals surface area contributed by atoms with Crippen LogP contribution in [0.5, 0.6) is 0 Å². The van der Waals surface area contributed by atoms with Crippen LogP contribution in [0.2, 0.25) is 0 Å². The molecule has 1 saturated heterocycles. The van der Waals surface area contributed by atoms with Crippen LogP contribution in [0.1, 0.15) is 57.1 Å². The second kappa shape index (κ2) is 9.02. The number of pyridine rings is 1. The first-order valence-electron chi connectivity index (χ1n) is 11.1. The van der Waals surface area contributed by atoms with Gasteiger partial charge in [-0.1, -0.05) is 19.9 Å². The first-order valence-corrected chi connectivity index (χ1v) is 11.9. The molecular formula is C25H26F3N3O2S. The Morgan fingerprint density at radius 1 is 1.09 bits per heavy atom. The van der Waals surface area contributed by atoms with E-state index in [9.17, 15) is 22.8 Å². The molecule has 3 heterocycles. The van der Waals surface area contributed by atoms with Crippen LogP contribution in [-0.2, 0) is 6.18 Å². The number of carbonyl (C=O) groups is 2. The number of benzene rings is 1. The zero-order chi connectivity index (χ0) is 24.8. The summed E-state index contributed by atoms with van der Waals surface area (Å²) in [4.78, 5) is 32.2. The molecule has 1 N–H and O–H groups in total. The lowest BCUT2D eigenvalue weighted by molar-refractivity contribution is -0.140. The van der Waals surface area contributed by atoms with E-state index in [1.54, 1.807) is 25.1 Å². The van der Waals surface area contributed by atoms with Crippen LogP contribution >= 0.6 is 11.3 Å². The highest BCUT2D eigenvalue weighted by molar-refractivity contribution is 7.20. The molecule has 0 aliphatic carbocycles. The third kappa shape index (κ3) is 4.80. The summed E-state index contributed by atoms with van der Waals surface area (Å²) in [6.45, 7) is 9.19. The van der Waals surface area contributed by atoms with Crippen molar-refractivity contribution in [2.45, 2.75) is 40.3 Å². The summed E-state index contributed by atoms with van der Waals surface area (Å²) in [5.74, 6) is 0.345. The number of halogens is 3. The van der Waals surface area contributed by atoms with E-state index in [2.05, 4.69) is 24.1 Å². The fraction of sp³-hybridized carbons (Fsp3) is 0.400. The minimum absolute atomic E-state index is 0.0733. The Bertz CT molecular complexity index is 1260. The molecule has 1 aliphatic rings. The lowest BCUT2D eigenvalue weighted by Gasteiger charge is -2.35. The minimum Gasteiger partial charge on any atom is -0.338 e. The molecule has 0 saturated carbocycles. The molecule has 2 unspecified atom stereocenters. The number of piperidine rings is 1. The van der Waals surface area contributed by atoms with Crippen LogP contribution in [0, 0.1) is 25.7 Å². The number of aryl methyl sites for hydroxylation is 2. The van der Waals surface area contributed by atoms with Crippen molar-refractivity contribution in [2.75, 3.05) is 18.4 Å². The predicted octanol–water partition coefficient (Wildman–Crippen LogP) is 6.30. The van der Waals surface area contributed by atoms with E-state index in [4.69, 9.17) is 0 Å². The van der Waals surface area contributed by atoms with Gasteiger partial charge < -0.3 is 10.2 Å². The smallest absolute Gasteiger partial charge is 0.338 e. The summed E-state index contributed by atoms with van der Waals surface area (Å²) in [7, 11) is 0. The first kappa shape index (κ1) is 24.2. The molecule has 9 heteroatoms. The van der Waals surface area contributed by atoms with E-state index in [1.807, 2.05) is 11.8 Å². The number of carbonyl (C=O) groups excluding carboxylic acids is 2. The van der Waals surface area contributed by atoms with Gasteiger partial charge in [0.05, 0.1) is 4.88 Å². The fourth-order valence-electron chi connectivity index (χ4n) is 4.55. The van der Waals surface area contributed by atoms with E-state index < -0.39 is 17.8 Å². The number of rotatable bonds is 3. The van der Waals surface area contributed by atoms with E-state index in [0.29, 0.717) is 47.1 Å². The van der Waals surface area contributed by atoms with E-state index >= 15 is 0 Å². The van der Waals surface area contributed by atoms with E-state index in [-0.39, 0.29) is 15.6 Å². The molecule has 0 radical (unpaired) electrons. The van der Waals surface area contributed by atoms with Crippen molar-refractivity contribution >= 4 is 39.1 Å². The molecule has 3 aromatic rings. The van der Waals surface area contributed by atoms with Crippen molar-refractivity contribution in [1.29, 1.82) is 0 Å². The van der Waals surface area contributed by atoms with Gasteiger partial charge in [0, 0.05) is 29.7 Å². The average molecular weight is 490 g/mol. The fourth-order valence-corrected chi connectivity index (χ4v) is 5.63. The van der Waals surface area contributed by atoms with Gasteiger partial charge >= 0.3 is 6.18 Å². The monoisotopic (exact) mass is 489 g/mol. The number of thiophene rings is 1. The SMILES string of the molecule is Cc1ccc(C(=O)N2CC(C)CC(C)C2)cc1NC(=O)c1sc2nc(C(F)(F)F)ccc2c1C. The highest BCUT2D eigenvalue weighted by atomic mass is 32.1. The first-order chi connectivity index (χ1) is 15.9. The summed E-state index contributed by atoms with van der Waals surface area (Å²) in [5, 5.41) is 3.35. The highest BCUT2D eigenvalue weighted by Crippen LogP contribution is 2.35. The Morgan fingerprint density at radius 3 is 2.41 bits per heavy atom. The number of hydrogen-bond acceptors (Lipinski definition) is 4. The van der Waals surface area contributed by atoms with Gasteiger partial charge in [-0.2, -0.15) is 13.2 Å². The van der Waals surface area contributed by atoms with Gasteiger partial charge in [0.1, 0.15) is 10.5 Å². The third-order valence-electron chi connectivity index (χ3n) is 6.19. The number of fused-ring (bicyclic) bond motifs is 1. The van der Waals surface area contributed by atoms with Crippen LogP contribution in [0.15, 0.2) is 30.3 Å². The Hall–Kier alpha value is -2.94. The van der Waals surface area contributed by atoms with Crippen molar-refractivity contribution in [3.05, 3.63) is 57.6 Å². The van der Waals surface area contributed by atoms with Gasteiger partial charge in [0.15, 0.2) is 0 Å². The molecular weight excluding hydrogens is 463 g/mol. The second-order valence-electron chi connectivity index (χ2n) is 9.24. The quantitative estimate of drug-likeness (QED) is 0.470. The van der Waals surface area contributed by atoms with E-state index in [1.165, 1.54) is 6.07 Å². The number of alkyl halides is 3. The molecule has 1 aliphatic heterocycles. The van der Waals surface area contributed by atoms with Gasteiger partial charge in [-0.25, -0.2) is 4.98 Å². The number of aromatic nitrogens is 1. The molecule has 1 aromatic carbocycles. The maximum Gasteiger partial charge on any atom is 0.433 e. The Balaban J connectivity index is 1.59. The topological polar surface area (TPSA) is 62.3 Å². The minimum atomic E-state index is -4.55. The van der Waals surface area contributed by atoms with Gasteiger partial charge in [0.25, 0.3) is 11.8 Å². The molecule has 2 amide bonds. The largest absolute Gasteiger partial charge is 0.433 e. The van der Waals surface area contributed by atoms with Crippen molar-refractivity contribution in [3.8, 4) is 0 Å². The van der Waals surface area contributed by atoms with Crippen LogP contribution in [-0.4, -0.2) is 34.8 Å². The van der Waals surface area contributed by atoms with Gasteiger partial charge in [-0.15, -0.1) is 11.3 Å². The standard InChI is InChI=1S/C25H26F3N3O2S/c1-13-9-14(2)12-31(11-13)24(33)17-6-5-15(3)19(10-17)29-22(32)21-16(4)18-7-8-20(25(26,27)28)30-23(18)34-21/h5-8,10,13-14H,9,11-12H2,1-4H3,(H,29,32). The van der Waals surface area contributed by atoms with Crippen LogP contribution < -0.4 is 5.32 Å². The number of anilines is 1. The molecule has 1 fully saturated rings. The molecule has 5 nitrogen and oxygen atoms in total. The molecule has 0 spiro atoms. The maximum absolute atomic E-state index is 13.1. The van der Waals surface area contributed by atoms with Crippen molar-refractivity contribution in [1.82, 2.24) is 9.88 Å². The number of amides is 2. The Labute approximate surface area is 200 Å². The third-order valence-corrected chi connectivity index (χ3v) is 7.39. The summed E-state index contributed by atoms with van der Waals surface area (Å²) in [5.41, 5.74) is 1.35. The summed E-state index contributed by atoms with van der Waals surface area (Å²) in [6.07, 6.45) is -3.46. The van der Waals surface area contributed by atoms with Gasteiger partial charge in [0.2, 0.25) is 0 Å². The number of nitrogens with one attached hydrogen (secondary N) is 1. The summed E-state index contributed by atoms with van der Waals surface area (Å²) in [6, 6.07) is 7.48. The van der Waals surface area contributed by atoms with E-state index in [0.717, 1.165) is 29.4 Å². The lowest BCUT2D eigenvalue weighted by atomic mass is 9.91. The predicted molar refractivity (Wildman–Crippen MR) is 127 cm³/mol. The molecule has 4 rings (SSSR count). The average Bonchev–Trinajstić information content (AvgIpc) is 3.09. The molecule has 34 heavy (non-hydrogen) atoms. The molecule has 2 atom stereocenters.